The Labute approximate surface area is 109 Å². The minimum absolute atomic E-state index is 0.0112. The van der Waals surface area contributed by atoms with E-state index in [1.807, 2.05) is 4.90 Å². The first kappa shape index (κ1) is 13.2. The normalized spacial score (nSPS) is 14.3. The van der Waals surface area contributed by atoms with E-state index in [1.54, 1.807) is 0 Å². The van der Waals surface area contributed by atoms with Gasteiger partial charge in [0.05, 0.1) is 14.2 Å². The standard InChI is InChI=1S/C11H14N4O4/c1-18-10(16)7-9(15-5-3-4-6-15)12-8(14-13-7)11(17)19-2/h3-6H2,1-2H3. The van der Waals surface area contributed by atoms with Crippen LogP contribution in [0.1, 0.15) is 33.9 Å². The molecule has 0 aromatic carbocycles. The summed E-state index contributed by atoms with van der Waals surface area (Å²) in [6.45, 7) is 1.51. The van der Waals surface area contributed by atoms with Gasteiger partial charge in [-0.3, -0.25) is 0 Å². The molecule has 2 heterocycles. The predicted octanol–water partition coefficient (Wildman–Crippen LogP) is 0.0450. The van der Waals surface area contributed by atoms with E-state index in [1.165, 1.54) is 14.2 Å². The maximum absolute atomic E-state index is 11.6. The van der Waals surface area contributed by atoms with Gasteiger partial charge in [-0.05, 0) is 12.8 Å². The number of methoxy groups -OCH3 is 2. The molecule has 0 amide bonds. The lowest BCUT2D eigenvalue weighted by Crippen LogP contribution is -2.26. The van der Waals surface area contributed by atoms with Crippen LogP contribution in [-0.4, -0.2) is 54.4 Å². The van der Waals surface area contributed by atoms with Gasteiger partial charge in [-0.15, -0.1) is 10.2 Å². The molecular formula is C11H14N4O4. The maximum Gasteiger partial charge on any atom is 0.378 e. The van der Waals surface area contributed by atoms with Gasteiger partial charge in [-0.25, -0.2) is 14.6 Å². The van der Waals surface area contributed by atoms with Crippen LogP contribution < -0.4 is 4.90 Å². The van der Waals surface area contributed by atoms with E-state index in [2.05, 4.69) is 24.7 Å². The molecule has 0 bridgehead atoms. The number of carbonyl (C=O) groups excluding carboxylic acids is 2. The second kappa shape index (κ2) is 5.59. The third-order valence-corrected chi connectivity index (χ3v) is 2.82. The monoisotopic (exact) mass is 266 g/mol. The van der Waals surface area contributed by atoms with Crippen LogP contribution in [0.15, 0.2) is 0 Å². The zero-order valence-electron chi connectivity index (χ0n) is 10.8. The van der Waals surface area contributed by atoms with Crippen molar-refractivity contribution in [2.45, 2.75) is 12.8 Å². The fourth-order valence-electron chi connectivity index (χ4n) is 1.87. The Balaban J connectivity index is 2.43. The molecule has 0 aliphatic carbocycles. The van der Waals surface area contributed by atoms with Crippen molar-refractivity contribution in [1.82, 2.24) is 15.2 Å². The third kappa shape index (κ3) is 2.61. The second-order valence-corrected chi connectivity index (χ2v) is 3.98. The summed E-state index contributed by atoms with van der Waals surface area (Å²) in [5, 5.41) is 7.32. The number of ether oxygens (including phenoxy) is 2. The lowest BCUT2D eigenvalue weighted by molar-refractivity contribution is 0.0567. The fourth-order valence-corrected chi connectivity index (χ4v) is 1.87. The quantitative estimate of drug-likeness (QED) is 0.708. The molecule has 0 saturated carbocycles. The molecule has 1 aromatic rings. The first-order valence-corrected chi connectivity index (χ1v) is 5.83. The van der Waals surface area contributed by atoms with E-state index in [4.69, 9.17) is 0 Å². The average Bonchev–Trinajstić information content (AvgIpc) is 2.99. The van der Waals surface area contributed by atoms with Crippen LogP contribution in [0.25, 0.3) is 0 Å². The van der Waals surface area contributed by atoms with Crippen molar-refractivity contribution in [1.29, 1.82) is 0 Å². The van der Waals surface area contributed by atoms with Gasteiger partial charge in [0, 0.05) is 13.1 Å². The SMILES string of the molecule is COC(=O)c1nnc(C(=O)OC)c(N2CCCC2)n1. The molecular weight excluding hydrogens is 252 g/mol. The molecule has 1 aromatic heterocycles. The highest BCUT2D eigenvalue weighted by atomic mass is 16.5. The van der Waals surface area contributed by atoms with Gasteiger partial charge < -0.3 is 14.4 Å². The first-order chi connectivity index (χ1) is 9.17. The van der Waals surface area contributed by atoms with Crippen LogP contribution in [0.2, 0.25) is 0 Å². The Morgan fingerprint density at radius 1 is 1.05 bits per heavy atom. The van der Waals surface area contributed by atoms with Gasteiger partial charge in [0.1, 0.15) is 0 Å². The van der Waals surface area contributed by atoms with E-state index in [-0.39, 0.29) is 11.5 Å². The van der Waals surface area contributed by atoms with E-state index >= 15 is 0 Å². The van der Waals surface area contributed by atoms with Crippen molar-refractivity contribution >= 4 is 17.8 Å². The molecule has 0 unspecified atom stereocenters. The lowest BCUT2D eigenvalue weighted by atomic mass is 10.4. The minimum atomic E-state index is -0.690. The Morgan fingerprint density at radius 3 is 2.26 bits per heavy atom. The van der Waals surface area contributed by atoms with Crippen LogP contribution in [0, 0.1) is 0 Å². The van der Waals surface area contributed by atoms with Crippen LogP contribution in [0.4, 0.5) is 5.82 Å². The number of rotatable bonds is 3. The zero-order chi connectivity index (χ0) is 13.8. The molecule has 8 nitrogen and oxygen atoms in total. The summed E-state index contributed by atoms with van der Waals surface area (Å²) in [5.41, 5.74) is 0.0112. The van der Waals surface area contributed by atoms with Crippen molar-refractivity contribution < 1.29 is 19.1 Å². The number of nitrogens with zero attached hydrogens (tertiary/aromatic N) is 4. The second-order valence-electron chi connectivity index (χ2n) is 3.98. The molecule has 0 N–H and O–H groups in total. The molecule has 0 spiro atoms. The van der Waals surface area contributed by atoms with E-state index in [0.717, 1.165) is 25.9 Å². The molecule has 1 fully saturated rings. The number of aromatic nitrogens is 3. The first-order valence-electron chi connectivity index (χ1n) is 5.83. The minimum Gasteiger partial charge on any atom is -0.464 e. The van der Waals surface area contributed by atoms with Gasteiger partial charge in [-0.2, -0.15) is 0 Å². The number of hydrogen-bond acceptors (Lipinski definition) is 8. The smallest absolute Gasteiger partial charge is 0.378 e. The highest BCUT2D eigenvalue weighted by molar-refractivity contribution is 5.93. The van der Waals surface area contributed by atoms with Gasteiger partial charge >= 0.3 is 11.9 Å². The maximum atomic E-state index is 11.6. The van der Waals surface area contributed by atoms with Crippen LogP contribution in [0.3, 0.4) is 0 Å². The third-order valence-electron chi connectivity index (χ3n) is 2.82. The largest absolute Gasteiger partial charge is 0.464 e. The molecule has 0 atom stereocenters. The molecule has 1 saturated heterocycles. The van der Waals surface area contributed by atoms with E-state index in [0.29, 0.717) is 5.82 Å². The Morgan fingerprint density at radius 2 is 1.68 bits per heavy atom. The molecule has 2 rings (SSSR count). The predicted molar refractivity (Wildman–Crippen MR) is 64.0 cm³/mol. The number of hydrogen-bond donors (Lipinski definition) is 0. The lowest BCUT2D eigenvalue weighted by Gasteiger charge is -2.17. The van der Waals surface area contributed by atoms with E-state index < -0.39 is 11.9 Å². The summed E-state index contributed by atoms with van der Waals surface area (Å²) in [4.78, 5) is 29.0. The highest BCUT2D eigenvalue weighted by Gasteiger charge is 2.26. The number of esters is 2. The molecule has 19 heavy (non-hydrogen) atoms. The van der Waals surface area contributed by atoms with Crippen molar-refractivity contribution in [3.63, 3.8) is 0 Å². The summed E-state index contributed by atoms with van der Waals surface area (Å²) < 4.78 is 9.18. The van der Waals surface area contributed by atoms with Crippen molar-refractivity contribution in [3.05, 3.63) is 11.5 Å². The molecule has 1 aliphatic rings. The highest BCUT2D eigenvalue weighted by Crippen LogP contribution is 2.21. The summed E-state index contributed by atoms with van der Waals surface area (Å²) in [6.07, 6.45) is 2.00. The van der Waals surface area contributed by atoms with Crippen LogP contribution >= 0.6 is 0 Å². The molecule has 8 heteroatoms. The van der Waals surface area contributed by atoms with E-state index in [9.17, 15) is 9.59 Å². The van der Waals surface area contributed by atoms with Gasteiger partial charge in [0.2, 0.25) is 5.69 Å². The molecule has 1 aliphatic heterocycles. The summed E-state index contributed by atoms with van der Waals surface area (Å²) in [5.74, 6) is -1.17. The zero-order valence-corrected chi connectivity index (χ0v) is 10.8. The Hall–Kier alpha value is -2.25. The van der Waals surface area contributed by atoms with Crippen LogP contribution in [-0.2, 0) is 9.47 Å². The summed E-state index contributed by atoms with van der Waals surface area (Å²) in [6, 6.07) is 0. The number of carbonyl (C=O) groups is 2. The van der Waals surface area contributed by atoms with Gasteiger partial charge in [-0.1, -0.05) is 0 Å². The topological polar surface area (TPSA) is 94.5 Å². The number of anilines is 1. The van der Waals surface area contributed by atoms with Crippen molar-refractivity contribution in [3.8, 4) is 0 Å². The summed E-state index contributed by atoms with van der Waals surface area (Å²) >= 11 is 0. The molecule has 0 radical (unpaired) electrons. The molecule has 102 valence electrons. The fraction of sp³-hybridized carbons (Fsp3) is 0.545. The van der Waals surface area contributed by atoms with Gasteiger partial charge in [0.15, 0.2) is 5.82 Å². The van der Waals surface area contributed by atoms with Crippen molar-refractivity contribution in [2.24, 2.45) is 0 Å². The van der Waals surface area contributed by atoms with Gasteiger partial charge in [0.25, 0.3) is 5.82 Å². The van der Waals surface area contributed by atoms with Crippen LogP contribution in [0.5, 0.6) is 0 Å². The van der Waals surface area contributed by atoms with Crippen molar-refractivity contribution in [2.75, 3.05) is 32.2 Å². The Bertz CT molecular complexity index is 499. The average molecular weight is 266 g/mol. The summed E-state index contributed by atoms with van der Waals surface area (Å²) in [7, 11) is 2.49. The Kier molecular flexibility index (Phi) is 3.88.